The molecule has 0 atom stereocenters. The van der Waals surface area contributed by atoms with Gasteiger partial charge in [-0.15, -0.1) is 0 Å². The van der Waals surface area contributed by atoms with Gasteiger partial charge >= 0.3 is 0 Å². The smallest absolute Gasteiger partial charge is 0.163 e. The molecule has 2 aromatic rings. The monoisotopic (exact) mass is 406 g/mol. The standard InChI is InChI=1S/C24H23F5/c1-14-3-5-16(21(28)19(14)26)7-8-23-9-11-24(12-10-23,18(25)13-23)17-6-4-15(2)20(27)22(17)29/h3-6,13H,7-12H2,1-2H3. The molecule has 1 fully saturated rings. The number of allylic oxidation sites excluding steroid dienone is 2. The van der Waals surface area contributed by atoms with Crippen molar-refractivity contribution in [2.24, 2.45) is 5.41 Å². The Kier molecular flexibility index (Phi) is 4.83. The summed E-state index contributed by atoms with van der Waals surface area (Å²) in [5.74, 6) is -4.02. The van der Waals surface area contributed by atoms with E-state index in [1.54, 1.807) is 12.1 Å². The molecule has 0 unspecified atom stereocenters. The van der Waals surface area contributed by atoms with E-state index >= 15 is 4.39 Å². The lowest BCUT2D eigenvalue weighted by molar-refractivity contribution is 0.126. The zero-order chi connectivity index (χ0) is 21.0. The van der Waals surface area contributed by atoms with Gasteiger partial charge in [0.25, 0.3) is 0 Å². The number of halogens is 5. The molecule has 29 heavy (non-hydrogen) atoms. The lowest BCUT2D eigenvalue weighted by Gasteiger charge is -2.50. The van der Waals surface area contributed by atoms with E-state index in [2.05, 4.69) is 0 Å². The van der Waals surface area contributed by atoms with Gasteiger partial charge in [0.05, 0.1) is 0 Å². The fourth-order valence-electron chi connectivity index (χ4n) is 4.96. The van der Waals surface area contributed by atoms with Crippen molar-refractivity contribution in [2.75, 3.05) is 0 Å². The lowest BCUT2D eigenvalue weighted by Crippen LogP contribution is -2.43. The molecular formula is C24H23F5. The number of benzene rings is 2. The Morgan fingerprint density at radius 2 is 1.31 bits per heavy atom. The fourth-order valence-corrected chi connectivity index (χ4v) is 4.96. The van der Waals surface area contributed by atoms with Crippen molar-refractivity contribution >= 4 is 0 Å². The molecule has 0 saturated heterocycles. The van der Waals surface area contributed by atoms with Crippen LogP contribution in [-0.4, -0.2) is 0 Å². The van der Waals surface area contributed by atoms with E-state index in [9.17, 15) is 17.6 Å². The Labute approximate surface area is 167 Å². The number of aryl methyl sites for hydroxylation is 3. The van der Waals surface area contributed by atoms with Gasteiger partial charge in [-0.05, 0) is 80.6 Å². The van der Waals surface area contributed by atoms with Crippen LogP contribution in [0.3, 0.4) is 0 Å². The van der Waals surface area contributed by atoms with Gasteiger partial charge in [0.15, 0.2) is 23.3 Å². The molecule has 0 heterocycles. The molecular weight excluding hydrogens is 383 g/mol. The normalized spacial score (nSPS) is 26.0. The highest BCUT2D eigenvalue weighted by Gasteiger charge is 2.52. The van der Waals surface area contributed by atoms with E-state index in [0.29, 0.717) is 38.5 Å². The molecule has 5 rings (SSSR count). The molecule has 3 aliphatic carbocycles. The molecule has 0 radical (unpaired) electrons. The number of rotatable bonds is 4. The topological polar surface area (TPSA) is 0 Å². The second-order valence-electron chi connectivity index (χ2n) is 8.66. The van der Waals surface area contributed by atoms with Crippen LogP contribution in [0.15, 0.2) is 36.2 Å². The van der Waals surface area contributed by atoms with E-state index in [1.165, 1.54) is 32.1 Å². The van der Waals surface area contributed by atoms with Crippen LogP contribution >= 0.6 is 0 Å². The summed E-state index contributed by atoms with van der Waals surface area (Å²) < 4.78 is 71.9. The van der Waals surface area contributed by atoms with Crippen LogP contribution in [0.25, 0.3) is 0 Å². The Morgan fingerprint density at radius 1 is 0.724 bits per heavy atom. The maximum Gasteiger partial charge on any atom is 0.163 e. The molecule has 0 spiro atoms. The summed E-state index contributed by atoms with van der Waals surface area (Å²) in [5.41, 5.74) is -0.774. The molecule has 0 nitrogen and oxygen atoms in total. The quantitative estimate of drug-likeness (QED) is 0.473. The minimum Gasteiger partial charge on any atom is -0.211 e. The average Bonchev–Trinajstić information content (AvgIpc) is 2.71. The minimum absolute atomic E-state index is 0.0781. The highest BCUT2D eigenvalue weighted by Crippen LogP contribution is 2.59. The maximum absolute atomic E-state index is 15.2. The van der Waals surface area contributed by atoms with Crippen molar-refractivity contribution in [3.63, 3.8) is 0 Å². The highest BCUT2D eigenvalue weighted by molar-refractivity contribution is 5.42. The minimum atomic E-state index is -1.12. The van der Waals surface area contributed by atoms with Crippen molar-refractivity contribution < 1.29 is 22.0 Å². The molecule has 2 aromatic carbocycles. The summed E-state index contributed by atoms with van der Waals surface area (Å²) >= 11 is 0. The maximum atomic E-state index is 15.2. The predicted molar refractivity (Wildman–Crippen MR) is 102 cm³/mol. The number of hydrogen-bond acceptors (Lipinski definition) is 0. The Bertz CT molecular complexity index is 997. The van der Waals surface area contributed by atoms with Crippen molar-refractivity contribution in [3.05, 3.63) is 81.7 Å². The zero-order valence-corrected chi connectivity index (χ0v) is 16.5. The summed E-state index contributed by atoms with van der Waals surface area (Å²) in [5, 5.41) is 0. The first kappa shape index (κ1) is 20.1. The van der Waals surface area contributed by atoms with Crippen molar-refractivity contribution in [3.8, 4) is 0 Å². The zero-order valence-electron chi connectivity index (χ0n) is 16.5. The molecule has 0 aromatic heterocycles. The fraction of sp³-hybridized carbons (Fsp3) is 0.417. The van der Waals surface area contributed by atoms with Crippen molar-refractivity contribution in [1.29, 1.82) is 0 Å². The Morgan fingerprint density at radius 3 is 1.93 bits per heavy atom. The average molecular weight is 406 g/mol. The first-order valence-electron chi connectivity index (χ1n) is 9.96. The van der Waals surface area contributed by atoms with E-state index < -0.39 is 39.9 Å². The molecule has 2 bridgehead atoms. The molecule has 0 amide bonds. The second-order valence-corrected chi connectivity index (χ2v) is 8.66. The molecule has 1 saturated carbocycles. The van der Waals surface area contributed by atoms with Crippen molar-refractivity contribution in [2.45, 2.75) is 57.8 Å². The number of fused-ring (bicyclic) bond motifs is 2. The summed E-state index contributed by atoms with van der Waals surface area (Å²) in [6.07, 6.45) is 4.27. The van der Waals surface area contributed by atoms with Crippen LogP contribution in [0.2, 0.25) is 0 Å². The largest absolute Gasteiger partial charge is 0.211 e. The van der Waals surface area contributed by atoms with Crippen LogP contribution in [0.5, 0.6) is 0 Å². The van der Waals surface area contributed by atoms with Crippen LogP contribution in [-0.2, 0) is 11.8 Å². The van der Waals surface area contributed by atoms with Crippen molar-refractivity contribution in [1.82, 2.24) is 0 Å². The van der Waals surface area contributed by atoms with E-state index in [4.69, 9.17) is 0 Å². The predicted octanol–water partition coefficient (Wildman–Crippen LogP) is 7.16. The van der Waals surface area contributed by atoms with Crippen LogP contribution in [0.4, 0.5) is 22.0 Å². The van der Waals surface area contributed by atoms with E-state index in [1.807, 2.05) is 0 Å². The Hall–Kier alpha value is -2.17. The van der Waals surface area contributed by atoms with Gasteiger partial charge in [0.2, 0.25) is 0 Å². The third-order valence-electron chi connectivity index (χ3n) is 7.03. The molecule has 0 aliphatic heterocycles. The summed E-state index contributed by atoms with van der Waals surface area (Å²) in [6, 6.07) is 6.10. The van der Waals surface area contributed by atoms with Crippen LogP contribution < -0.4 is 0 Å². The van der Waals surface area contributed by atoms with E-state index in [-0.39, 0.29) is 22.3 Å². The van der Waals surface area contributed by atoms with Crippen LogP contribution in [0, 0.1) is 42.5 Å². The molecule has 5 heteroatoms. The third kappa shape index (κ3) is 3.10. The van der Waals surface area contributed by atoms with Gasteiger partial charge in [-0.2, -0.15) is 0 Å². The first-order chi connectivity index (χ1) is 13.7. The first-order valence-corrected chi connectivity index (χ1v) is 9.96. The van der Waals surface area contributed by atoms with Crippen LogP contribution in [0.1, 0.15) is 54.4 Å². The van der Waals surface area contributed by atoms with E-state index in [0.717, 1.165) is 0 Å². The third-order valence-corrected chi connectivity index (χ3v) is 7.03. The molecule has 3 aliphatic rings. The SMILES string of the molecule is Cc1ccc(CCC23C=C(F)C(c4ccc(C)c(F)c4F)(CC2)CC3)c(F)c1F. The van der Waals surface area contributed by atoms with Gasteiger partial charge in [0.1, 0.15) is 5.83 Å². The number of hydrogen-bond donors (Lipinski definition) is 0. The highest BCUT2D eigenvalue weighted by atomic mass is 19.2. The van der Waals surface area contributed by atoms with Gasteiger partial charge in [-0.3, -0.25) is 0 Å². The van der Waals surface area contributed by atoms with Gasteiger partial charge < -0.3 is 0 Å². The molecule has 0 N–H and O–H groups in total. The second kappa shape index (κ2) is 6.96. The van der Waals surface area contributed by atoms with Gasteiger partial charge in [0, 0.05) is 11.0 Å². The summed E-state index contributed by atoms with van der Waals surface area (Å²) in [6.45, 7) is 2.99. The van der Waals surface area contributed by atoms with Gasteiger partial charge in [-0.1, -0.05) is 24.3 Å². The summed E-state index contributed by atoms with van der Waals surface area (Å²) in [7, 11) is 0. The molecule has 154 valence electrons. The summed E-state index contributed by atoms with van der Waals surface area (Å²) in [4.78, 5) is 0. The van der Waals surface area contributed by atoms with Gasteiger partial charge in [-0.25, -0.2) is 22.0 Å². The lowest BCUT2D eigenvalue weighted by atomic mass is 9.54. The Balaban J connectivity index is 1.61.